The molecule has 0 saturated carbocycles. The molecule has 1 atom stereocenters. The van der Waals surface area contributed by atoms with Crippen LogP contribution in [0.2, 0.25) is 0 Å². The molecule has 0 radical (unpaired) electrons. The van der Waals surface area contributed by atoms with Crippen LogP contribution in [0.1, 0.15) is 21.5 Å². The first-order chi connectivity index (χ1) is 21.4. The molecule has 1 amide bonds. The van der Waals surface area contributed by atoms with Crippen LogP contribution in [0.25, 0.3) is 22.0 Å². The second kappa shape index (κ2) is 12.5. The minimum atomic E-state index is -4.35. The SMILES string of the molecule is O=C(N[C@@H](Cc1ccccc1)C(=O)S(=O)(=O)c1ccccc1)c1cn(Cc2ccc(-c3ccccc3)cc2)c2ccccc12. The van der Waals surface area contributed by atoms with Crippen LogP contribution in [0.4, 0.5) is 0 Å². The summed E-state index contributed by atoms with van der Waals surface area (Å²) in [5.74, 6) is -0.517. The van der Waals surface area contributed by atoms with Crippen LogP contribution >= 0.6 is 0 Å². The zero-order valence-corrected chi connectivity index (χ0v) is 24.7. The quantitative estimate of drug-likeness (QED) is 0.201. The van der Waals surface area contributed by atoms with Gasteiger partial charge in [-0.2, -0.15) is 0 Å². The molecular weight excluding hydrogens is 568 g/mol. The summed E-state index contributed by atoms with van der Waals surface area (Å²) >= 11 is 0. The molecular formula is C37H30N2O4S. The lowest BCUT2D eigenvalue weighted by atomic mass is 10.0. The topological polar surface area (TPSA) is 85.2 Å². The molecule has 0 fully saturated rings. The van der Waals surface area contributed by atoms with Crippen molar-refractivity contribution in [2.75, 3.05) is 0 Å². The predicted molar refractivity (Wildman–Crippen MR) is 173 cm³/mol. The summed E-state index contributed by atoms with van der Waals surface area (Å²) in [5, 5.41) is 2.43. The fourth-order valence-electron chi connectivity index (χ4n) is 5.37. The first-order valence-electron chi connectivity index (χ1n) is 14.3. The smallest absolute Gasteiger partial charge is 0.273 e. The summed E-state index contributed by atoms with van der Waals surface area (Å²) in [7, 11) is -4.35. The van der Waals surface area contributed by atoms with Gasteiger partial charge in [-0.25, -0.2) is 8.42 Å². The predicted octanol–water partition coefficient (Wildman–Crippen LogP) is 6.70. The molecule has 0 unspecified atom stereocenters. The number of fused-ring (bicyclic) bond motifs is 1. The number of carbonyl (C=O) groups excluding carboxylic acids is 2. The van der Waals surface area contributed by atoms with Gasteiger partial charge < -0.3 is 9.88 Å². The highest BCUT2D eigenvalue weighted by Crippen LogP contribution is 2.25. The maximum absolute atomic E-state index is 13.8. The van der Waals surface area contributed by atoms with Gasteiger partial charge in [-0.1, -0.05) is 121 Å². The number of nitrogens with zero attached hydrogens (tertiary/aromatic N) is 1. The van der Waals surface area contributed by atoms with Gasteiger partial charge >= 0.3 is 0 Å². The van der Waals surface area contributed by atoms with Crippen molar-refractivity contribution in [1.82, 2.24) is 9.88 Å². The maximum atomic E-state index is 13.8. The van der Waals surface area contributed by atoms with E-state index >= 15 is 0 Å². The van der Waals surface area contributed by atoms with E-state index in [-0.39, 0.29) is 11.3 Å². The molecule has 218 valence electrons. The molecule has 5 aromatic carbocycles. The Labute approximate surface area is 256 Å². The van der Waals surface area contributed by atoms with Gasteiger partial charge in [-0.05, 0) is 40.5 Å². The fourth-order valence-corrected chi connectivity index (χ4v) is 6.64. The lowest BCUT2D eigenvalue weighted by molar-refractivity contribution is -0.113. The number of para-hydroxylation sites is 1. The lowest BCUT2D eigenvalue weighted by Gasteiger charge is -2.18. The van der Waals surface area contributed by atoms with Gasteiger partial charge in [-0.3, -0.25) is 9.59 Å². The Morgan fingerprint density at radius 2 is 1.20 bits per heavy atom. The van der Waals surface area contributed by atoms with Gasteiger partial charge in [0.1, 0.15) is 6.04 Å². The number of carbonyl (C=O) groups is 2. The van der Waals surface area contributed by atoms with Crippen molar-refractivity contribution in [2.24, 2.45) is 0 Å². The molecule has 0 aliphatic rings. The summed E-state index contributed by atoms with van der Waals surface area (Å²) < 4.78 is 28.6. The van der Waals surface area contributed by atoms with Gasteiger partial charge in [0.2, 0.25) is 9.84 Å². The molecule has 6 aromatic rings. The summed E-state index contributed by atoms with van der Waals surface area (Å²) in [6.07, 6.45) is 1.80. The van der Waals surface area contributed by atoms with E-state index in [0.29, 0.717) is 17.5 Å². The highest BCUT2D eigenvalue weighted by atomic mass is 32.2. The van der Waals surface area contributed by atoms with E-state index in [2.05, 4.69) is 41.7 Å². The summed E-state index contributed by atoms with van der Waals surface area (Å²) in [4.78, 5) is 27.3. The zero-order chi connectivity index (χ0) is 30.5. The van der Waals surface area contributed by atoms with Crippen molar-refractivity contribution in [2.45, 2.75) is 23.9 Å². The number of hydrogen-bond acceptors (Lipinski definition) is 4. The number of benzene rings is 5. The van der Waals surface area contributed by atoms with Gasteiger partial charge in [0.15, 0.2) is 0 Å². The summed E-state index contributed by atoms with van der Waals surface area (Å²) in [5.41, 5.74) is 5.26. The Kier molecular flexibility index (Phi) is 8.21. The molecule has 0 aliphatic carbocycles. The van der Waals surface area contributed by atoms with E-state index in [1.54, 1.807) is 36.5 Å². The minimum absolute atomic E-state index is 0.0316. The monoisotopic (exact) mass is 598 g/mol. The van der Waals surface area contributed by atoms with Crippen LogP contribution in [0.5, 0.6) is 0 Å². The highest BCUT2D eigenvalue weighted by molar-refractivity contribution is 8.06. The molecule has 0 bridgehead atoms. The number of amides is 1. The third-order valence-corrected chi connectivity index (χ3v) is 9.35. The lowest BCUT2D eigenvalue weighted by Crippen LogP contribution is -2.45. The van der Waals surface area contributed by atoms with Crippen LogP contribution < -0.4 is 5.32 Å². The van der Waals surface area contributed by atoms with Crippen LogP contribution in [0.3, 0.4) is 0 Å². The number of rotatable bonds is 9. The van der Waals surface area contributed by atoms with E-state index in [1.807, 2.05) is 65.2 Å². The Morgan fingerprint density at radius 3 is 1.89 bits per heavy atom. The van der Waals surface area contributed by atoms with Gasteiger partial charge in [0.25, 0.3) is 11.0 Å². The van der Waals surface area contributed by atoms with Crippen LogP contribution in [-0.2, 0) is 27.6 Å². The van der Waals surface area contributed by atoms with Gasteiger partial charge in [0, 0.05) is 30.1 Å². The first-order valence-corrected chi connectivity index (χ1v) is 15.8. The molecule has 0 spiro atoms. The molecule has 1 aromatic heterocycles. The number of sulfone groups is 1. The Hall–Kier alpha value is -5.27. The third-order valence-electron chi connectivity index (χ3n) is 7.64. The Balaban J connectivity index is 1.29. The molecule has 0 aliphatic heterocycles. The number of aromatic nitrogens is 1. The van der Waals surface area contributed by atoms with Crippen LogP contribution in [0.15, 0.2) is 151 Å². The average Bonchev–Trinajstić information content (AvgIpc) is 3.44. The Bertz CT molecular complexity index is 2020. The molecule has 1 N–H and O–H groups in total. The van der Waals surface area contributed by atoms with Crippen LogP contribution in [0, 0.1) is 0 Å². The van der Waals surface area contributed by atoms with Crippen molar-refractivity contribution < 1.29 is 18.0 Å². The van der Waals surface area contributed by atoms with Crippen molar-refractivity contribution >= 4 is 31.8 Å². The summed E-state index contributed by atoms with van der Waals surface area (Å²) in [6.45, 7) is 0.525. The van der Waals surface area contributed by atoms with Crippen molar-refractivity contribution in [3.05, 3.63) is 162 Å². The van der Waals surface area contributed by atoms with Crippen molar-refractivity contribution in [1.29, 1.82) is 0 Å². The molecule has 0 saturated heterocycles. The van der Waals surface area contributed by atoms with Gasteiger partial charge in [-0.15, -0.1) is 0 Å². The number of nitrogens with one attached hydrogen (secondary N) is 1. The van der Waals surface area contributed by atoms with Crippen molar-refractivity contribution in [3.8, 4) is 11.1 Å². The molecule has 7 heteroatoms. The fraction of sp³-hybridized carbons (Fsp3) is 0.0811. The van der Waals surface area contributed by atoms with E-state index < -0.39 is 26.9 Å². The van der Waals surface area contributed by atoms with E-state index in [9.17, 15) is 18.0 Å². The van der Waals surface area contributed by atoms with E-state index in [4.69, 9.17) is 0 Å². The third kappa shape index (κ3) is 6.09. The molecule has 6 rings (SSSR count). The maximum Gasteiger partial charge on any atom is 0.273 e. The molecule has 44 heavy (non-hydrogen) atoms. The normalized spacial score (nSPS) is 12.1. The molecule has 6 nitrogen and oxygen atoms in total. The first kappa shape index (κ1) is 28.8. The second-order valence-electron chi connectivity index (χ2n) is 10.6. The minimum Gasteiger partial charge on any atom is -0.342 e. The van der Waals surface area contributed by atoms with Crippen molar-refractivity contribution in [3.63, 3.8) is 0 Å². The molecule has 1 heterocycles. The van der Waals surface area contributed by atoms with E-state index in [0.717, 1.165) is 27.8 Å². The zero-order valence-electron chi connectivity index (χ0n) is 23.8. The second-order valence-corrected chi connectivity index (χ2v) is 12.5. The van der Waals surface area contributed by atoms with Crippen LogP contribution in [-0.4, -0.2) is 30.0 Å². The Morgan fingerprint density at radius 1 is 0.636 bits per heavy atom. The number of hydrogen-bond donors (Lipinski definition) is 1. The van der Waals surface area contributed by atoms with E-state index in [1.165, 1.54) is 12.1 Å². The van der Waals surface area contributed by atoms with Gasteiger partial charge in [0.05, 0.1) is 10.5 Å². The average molecular weight is 599 g/mol. The largest absolute Gasteiger partial charge is 0.342 e. The summed E-state index contributed by atoms with van der Waals surface area (Å²) in [6, 6.07) is 41.4. The standard InChI is InChI=1S/C37H30N2O4S/c40-36(38-34(24-27-12-4-1-5-13-27)37(41)44(42,43)31-16-8-3-9-17-31)33-26-39(35-19-11-10-18-32(33)35)25-28-20-22-30(23-21-28)29-14-6-2-7-15-29/h1-23,26,34H,24-25H2,(H,38,40)/t34-/m0/s1. The highest BCUT2D eigenvalue weighted by Gasteiger charge is 2.34.